The Balaban J connectivity index is 2.16. The number of nitrogens with one attached hydrogen (secondary N) is 1. The Morgan fingerprint density at radius 1 is 1.30 bits per heavy atom. The van der Waals surface area contributed by atoms with E-state index in [4.69, 9.17) is 0 Å². The lowest BCUT2D eigenvalue weighted by molar-refractivity contribution is 0.0679. The van der Waals surface area contributed by atoms with Gasteiger partial charge in [-0.1, -0.05) is 6.07 Å². The fourth-order valence-corrected chi connectivity index (χ4v) is 2.88. The Morgan fingerprint density at radius 3 is 2.65 bits per heavy atom. The van der Waals surface area contributed by atoms with Crippen LogP contribution >= 0.6 is 0 Å². The Labute approximate surface area is 121 Å². The van der Waals surface area contributed by atoms with Crippen LogP contribution in [0.5, 0.6) is 0 Å². The maximum absolute atomic E-state index is 12.7. The van der Waals surface area contributed by atoms with Crippen LogP contribution in [0.15, 0.2) is 18.2 Å². The molecule has 1 aliphatic heterocycles. The van der Waals surface area contributed by atoms with Gasteiger partial charge >= 0.3 is 0 Å². The van der Waals surface area contributed by atoms with E-state index >= 15 is 0 Å². The molecule has 0 saturated heterocycles. The summed E-state index contributed by atoms with van der Waals surface area (Å²) in [6, 6.07) is 6.29. The number of rotatable bonds is 5. The lowest BCUT2D eigenvalue weighted by Gasteiger charge is -2.30. The molecule has 4 heteroatoms. The molecule has 1 aromatic carbocycles. The summed E-state index contributed by atoms with van der Waals surface area (Å²) in [5, 5.41) is 3.31. The summed E-state index contributed by atoms with van der Waals surface area (Å²) in [6.07, 6.45) is 0. The van der Waals surface area contributed by atoms with Gasteiger partial charge in [0.1, 0.15) is 0 Å². The Hall–Kier alpha value is -1.39. The topological polar surface area (TPSA) is 35.6 Å². The molecule has 0 saturated carbocycles. The van der Waals surface area contributed by atoms with E-state index in [-0.39, 0.29) is 11.9 Å². The summed E-state index contributed by atoms with van der Waals surface area (Å²) < 4.78 is 0. The Morgan fingerprint density at radius 2 is 2.00 bits per heavy atom. The average molecular weight is 275 g/mol. The molecule has 1 N–H and O–H groups in total. The minimum atomic E-state index is 0.136. The van der Waals surface area contributed by atoms with Gasteiger partial charge in [-0.25, -0.2) is 0 Å². The predicted molar refractivity (Wildman–Crippen MR) is 81.7 cm³/mol. The first-order valence-electron chi connectivity index (χ1n) is 7.31. The highest BCUT2D eigenvalue weighted by Gasteiger charge is 2.21. The molecule has 1 atom stereocenters. The minimum Gasteiger partial charge on any atom is -0.335 e. The quantitative estimate of drug-likeness (QED) is 0.888. The number of carbonyl (C=O) groups excluding carboxylic acids is 1. The van der Waals surface area contributed by atoms with Gasteiger partial charge in [-0.3, -0.25) is 4.79 Å². The number of hydrogen-bond acceptors (Lipinski definition) is 3. The highest BCUT2D eigenvalue weighted by Crippen LogP contribution is 2.19. The number of benzene rings is 1. The molecule has 4 nitrogen and oxygen atoms in total. The minimum absolute atomic E-state index is 0.136. The maximum Gasteiger partial charge on any atom is 0.254 e. The molecule has 1 aliphatic rings. The molecule has 0 aliphatic carbocycles. The van der Waals surface area contributed by atoms with Crippen LogP contribution in [0.1, 0.15) is 35.3 Å². The van der Waals surface area contributed by atoms with Gasteiger partial charge in [-0.2, -0.15) is 0 Å². The zero-order chi connectivity index (χ0) is 14.7. The smallest absolute Gasteiger partial charge is 0.254 e. The first-order chi connectivity index (χ1) is 9.52. The monoisotopic (exact) mass is 275 g/mol. The molecule has 1 unspecified atom stereocenters. The van der Waals surface area contributed by atoms with Crippen molar-refractivity contribution in [2.45, 2.75) is 33.0 Å². The third kappa shape index (κ3) is 3.19. The molecule has 0 aromatic heterocycles. The first kappa shape index (κ1) is 15.0. The van der Waals surface area contributed by atoms with E-state index in [1.165, 1.54) is 11.1 Å². The average Bonchev–Trinajstić information content (AvgIpc) is 2.85. The number of fused-ring (bicyclic) bond motifs is 1. The van der Waals surface area contributed by atoms with E-state index < -0.39 is 0 Å². The van der Waals surface area contributed by atoms with Crippen LogP contribution in [0.3, 0.4) is 0 Å². The van der Waals surface area contributed by atoms with Gasteiger partial charge in [0.2, 0.25) is 0 Å². The van der Waals surface area contributed by atoms with Crippen LogP contribution in [-0.2, 0) is 13.1 Å². The SMILES string of the molecule is CCN(C(=O)c1ccc2c(c1)CNC2)C(C)CN(C)C. The highest BCUT2D eigenvalue weighted by atomic mass is 16.2. The molecule has 1 aromatic rings. The van der Waals surface area contributed by atoms with Gasteiger partial charge in [0, 0.05) is 37.8 Å². The van der Waals surface area contributed by atoms with Crippen LogP contribution in [0, 0.1) is 0 Å². The molecule has 0 bridgehead atoms. The molecule has 0 spiro atoms. The van der Waals surface area contributed by atoms with Crippen molar-refractivity contribution in [1.29, 1.82) is 0 Å². The fraction of sp³-hybridized carbons (Fsp3) is 0.562. The standard InChI is InChI=1S/C16H25N3O/c1-5-19(12(2)11-18(3)4)16(20)13-6-7-14-9-17-10-15(14)8-13/h6-8,12,17H,5,9-11H2,1-4H3. The number of nitrogens with zero attached hydrogens (tertiary/aromatic N) is 2. The Kier molecular flexibility index (Phi) is 4.78. The zero-order valence-electron chi connectivity index (χ0n) is 12.9. The molecule has 1 amide bonds. The summed E-state index contributed by atoms with van der Waals surface area (Å²) in [5.74, 6) is 0.136. The van der Waals surface area contributed by atoms with Crippen LogP contribution in [0.2, 0.25) is 0 Å². The lowest BCUT2D eigenvalue weighted by atomic mass is 10.0. The third-order valence-corrected chi connectivity index (χ3v) is 3.85. The summed E-state index contributed by atoms with van der Waals surface area (Å²) in [7, 11) is 4.08. The van der Waals surface area contributed by atoms with E-state index in [9.17, 15) is 4.79 Å². The van der Waals surface area contributed by atoms with Crippen LogP contribution in [0.25, 0.3) is 0 Å². The van der Waals surface area contributed by atoms with Gasteiger partial charge in [-0.15, -0.1) is 0 Å². The first-order valence-corrected chi connectivity index (χ1v) is 7.31. The number of carbonyl (C=O) groups is 1. The highest BCUT2D eigenvalue weighted by molar-refractivity contribution is 5.94. The summed E-state index contributed by atoms with van der Waals surface area (Å²) in [6.45, 7) is 7.55. The van der Waals surface area contributed by atoms with Crippen molar-refractivity contribution in [3.63, 3.8) is 0 Å². The number of likely N-dealkylation sites (N-methyl/N-ethyl adjacent to an activating group) is 2. The molecular formula is C16H25N3O. The molecule has 0 radical (unpaired) electrons. The second-order valence-electron chi connectivity index (χ2n) is 5.79. The Bertz CT molecular complexity index is 485. The summed E-state index contributed by atoms with van der Waals surface area (Å²) in [5.41, 5.74) is 3.37. The van der Waals surface area contributed by atoms with E-state index in [2.05, 4.69) is 23.2 Å². The molecular weight excluding hydrogens is 250 g/mol. The van der Waals surface area contributed by atoms with Crippen molar-refractivity contribution < 1.29 is 4.79 Å². The van der Waals surface area contributed by atoms with Crippen molar-refractivity contribution in [2.75, 3.05) is 27.2 Å². The van der Waals surface area contributed by atoms with Crippen LogP contribution in [-0.4, -0.2) is 48.9 Å². The fourth-order valence-electron chi connectivity index (χ4n) is 2.88. The lowest BCUT2D eigenvalue weighted by Crippen LogP contribution is -2.43. The largest absolute Gasteiger partial charge is 0.335 e. The van der Waals surface area contributed by atoms with Crippen LogP contribution in [0.4, 0.5) is 0 Å². The van der Waals surface area contributed by atoms with E-state index in [1.54, 1.807) is 0 Å². The second-order valence-corrected chi connectivity index (χ2v) is 5.79. The van der Waals surface area contributed by atoms with E-state index in [0.717, 1.165) is 31.7 Å². The van der Waals surface area contributed by atoms with Crippen molar-refractivity contribution in [1.82, 2.24) is 15.1 Å². The van der Waals surface area contributed by atoms with Gasteiger partial charge in [0.15, 0.2) is 0 Å². The second kappa shape index (κ2) is 6.37. The predicted octanol–water partition coefficient (Wildman–Crippen LogP) is 1.70. The molecule has 2 rings (SSSR count). The summed E-state index contributed by atoms with van der Waals surface area (Å²) in [4.78, 5) is 16.8. The summed E-state index contributed by atoms with van der Waals surface area (Å²) >= 11 is 0. The van der Waals surface area contributed by atoms with Crippen molar-refractivity contribution in [3.8, 4) is 0 Å². The molecule has 20 heavy (non-hydrogen) atoms. The molecule has 110 valence electrons. The van der Waals surface area contributed by atoms with Crippen molar-refractivity contribution in [3.05, 3.63) is 34.9 Å². The number of amides is 1. The van der Waals surface area contributed by atoms with Gasteiger partial charge < -0.3 is 15.1 Å². The zero-order valence-corrected chi connectivity index (χ0v) is 12.9. The van der Waals surface area contributed by atoms with Gasteiger partial charge in [0.25, 0.3) is 5.91 Å². The number of hydrogen-bond donors (Lipinski definition) is 1. The van der Waals surface area contributed by atoms with Crippen molar-refractivity contribution >= 4 is 5.91 Å². The molecule has 0 fully saturated rings. The maximum atomic E-state index is 12.7. The van der Waals surface area contributed by atoms with E-state index in [0.29, 0.717) is 0 Å². The van der Waals surface area contributed by atoms with Gasteiger partial charge in [0.05, 0.1) is 0 Å². The van der Waals surface area contributed by atoms with Crippen molar-refractivity contribution in [2.24, 2.45) is 0 Å². The van der Waals surface area contributed by atoms with Gasteiger partial charge in [-0.05, 0) is 51.2 Å². The third-order valence-electron chi connectivity index (χ3n) is 3.85. The van der Waals surface area contributed by atoms with E-state index in [1.807, 2.05) is 38.1 Å². The molecule has 1 heterocycles. The van der Waals surface area contributed by atoms with Crippen LogP contribution < -0.4 is 5.32 Å². The normalized spacial score (nSPS) is 15.2.